The van der Waals surface area contributed by atoms with Crippen molar-refractivity contribution in [1.29, 1.82) is 0 Å². The molecule has 0 aromatic heterocycles. The van der Waals surface area contributed by atoms with E-state index in [-0.39, 0.29) is 24.6 Å². The van der Waals surface area contributed by atoms with E-state index in [1.807, 2.05) is 0 Å². The topological polar surface area (TPSA) is 78.4 Å². The summed E-state index contributed by atoms with van der Waals surface area (Å²) in [5.74, 6) is -1.39. The average Bonchev–Trinajstić information content (AvgIpc) is 2.90. The van der Waals surface area contributed by atoms with E-state index in [0.29, 0.717) is 12.8 Å². The van der Waals surface area contributed by atoms with Crippen LogP contribution in [0.15, 0.2) is 24.3 Å². The van der Waals surface area contributed by atoms with Crippen molar-refractivity contribution in [3.8, 4) is 0 Å². The Hall–Kier alpha value is -1.95. The summed E-state index contributed by atoms with van der Waals surface area (Å²) in [6.45, 7) is -0.00685. The van der Waals surface area contributed by atoms with Crippen molar-refractivity contribution < 1.29 is 19.1 Å². The first-order valence-corrected chi connectivity index (χ1v) is 7.01. The second kappa shape index (κ2) is 6.67. The third kappa shape index (κ3) is 4.53. The van der Waals surface area contributed by atoms with Gasteiger partial charge in [0, 0.05) is 12.1 Å². The largest absolute Gasteiger partial charge is 0.388 e. The van der Waals surface area contributed by atoms with E-state index in [4.69, 9.17) is 0 Å². The highest BCUT2D eigenvalue weighted by molar-refractivity contribution is 5.96. The van der Waals surface area contributed by atoms with Crippen molar-refractivity contribution in [1.82, 2.24) is 10.6 Å². The number of benzene rings is 1. The third-order valence-electron chi connectivity index (χ3n) is 3.65. The highest BCUT2D eigenvalue weighted by Gasteiger charge is 2.31. The SMILES string of the molecule is O=C(CNC(=O)c1cccc(F)c1)NCC1(O)CCCC1. The summed E-state index contributed by atoms with van der Waals surface area (Å²) in [4.78, 5) is 23.4. The predicted octanol–water partition coefficient (Wildman–Crippen LogP) is 0.977. The monoisotopic (exact) mass is 294 g/mol. The van der Waals surface area contributed by atoms with E-state index in [2.05, 4.69) is 10.6 Å². The third-order valence-corrected chi connectivity index (χ3v) is 3.65. The molecule has 21 heavy (non-hydrogen) atoms. The summed E-state index contributed by atoms with van der Waals surface area (Å²) in [5.41, 5.74) is -0.653. The standard InChI is InChI=1S/C15H19FN2O3/c16-12-5-3-4-11(8-12)14(20)17-9-13(19)18-10-15(21)6-1-2-7-15/h3-5,8,21H,1-2,6-7,9-10H2,(H,17,20)(H,18,19). The molecule has 1 aromatic rings. The lowest BCUT2D eigenvalue weighted by Gasteiger charge is -2.22. The van der Waals surface area contributed by atoms with Crippen LogP contribution in [0.3, 0.4) is 0 Å². The highest BCUT2D eigenvalue weighted by Crippen LogP contribution is 2.28. The molecule has 0 atom stereocenters. The minimum absolute atomic E-state index is 0.164. The molecule has 1 aromatic carbocycles. The number of rotatable bonds is 5. The minimum Gasteiger partial charge on any atom is -0.388 e. The number of amides is 2. The van der Waals surface area contributed by atoms with Gasteiger partial charge in [-0.3, -0.25) is 9.59 Å². The fraction of sp³-hybridized carbons (Fsp3) is 0.467. The van der Waals surface area contributed by atoms with E-state index in [1.54, 1.807) is 0 Å². The summed E-state index contributed by atoms with van der Waals surface area (Å²) in [6.07, 6.45) is 3.29. The van der Waals surface area contributed by atoms with Crippen molar-refractivity contribution >= 4 is 11.8 Å². The van der Waals surface area contributed by atoms with Crippen molar-refractivity contribution in [2.24, 2.45) is 0 Å². The van der Waals surface area contributed by atoms with E-state index in [1.165, 1.54) is 18.2 Å². The number of aliphatic hydroxyl groups is 1. The van der Waals surface area contributed by atoms with Crippen molar-refractivity contribution in [3.63, 3.8) is 0 Å². The Bertz CT molecular complexity index is 527. The molecule has 2 rings (SSSR count). The van der Waals surface area contributed by atoms with Crippen LogP contribution in [0, 0.1) is 5.82 Å². The summed E-state index contributed by atoms with van der Waals surface area (Å²) >= 11 is 0. The van der Waals surface area contributed by atoms with E-state index >= 15 is 0 Å². The van der Waals surface area contributed by atoms with Crippen molar-refractivity contribution in [2.45, 2.75) is 31.3 Å². The summed E-state index contributed by atoms with van der Waals surface area (Å²) < 4.78 is 13.0. The Labute approximate surface area is 122 Å². The second-order valence-corrected chi connectivity index (χ2v) is 5.40. The molecule has 2 amide bonds. The van der Waals surface area contributed by atoms with Crippen LogP contribution in [-0.4, -0.2) is 35.6 Å². The molecule has 1 aliphatic rings. The fourth-order valence-corrected chi connectivity index (χ4v) is 2.43. The van der Waals surface area contributed by atoms with Gasteiger partial charge in [0.05, 0.1) is 12.1 Å². The lowest BCUT2D eigenvalue weighted by molar-refractivity contribution is -0.121. The van der Waals surface area contributed by atoms with E-state index in [9.17, 15) is 19.1 Å². The first-order valence-electron chi connectivity index (χ1n) is 7.01. The zero-order valence-electron chi connectivity index (χ0n) is 11.7. The van der Waals surface area contributed by atoms with Gasteiger partial charge >= 0.3 is 0 Å². The Morgan fingerprint density at radius 1 is 1.24 bits per heavy atom. The van der Waals surface area contributed by atoms with Crippen LogP contribution in [-0.2, 0) is 4.79 Å². The van der Waals surface area contributed by atoms with Crippen molar-refractivity contribution in [3.05, 3.63) is 35.6 Å². The molecule has 6 heteroatoms. The molecule has 5 nitrogen and oxygen atoms in total. The normalized spacial score (nSPS) is 16.5. The molecule has 1 saturated carbocycles. The predicted molar refractivity (Wildman–Crippen MR) is 75.2 cm³/mol. The lowest BCUT2D eigenvalue weighted by Crippen LogP contribution is -2.44. The van der Waals surface area contributed by atoms with E-state index in [0.717, 1.165) is 18.9 Å². The van der Waals surface area contributed by atoms with Crippen LogP contribution in [0.2, 0.25) is 0 Å². The summed E-state index contributed by atoms with van der Waals surface area (Å²) in [5, 5.41) is 15.1. The van der Waals surface area contributed by atoms with E-state index < -0.39 is 17.3 Å². The van der Waals surface area contributed by atoms with Gasteiger partial charge in [0.25, 0.3) is 5.91 Å². The summed E-state index contributed by atoms with van der Waals surface area (Å²) in [7, 11) is 0. The first kappa shape index (κ1) is 15.4. The van der Waals surface area contributed by atoms with Gasteiger partial charge in [-0.1, -0.05) is 18.9 Å². The van der Waals surface area contributed by atoms with Gasteiger partial charge in [-0.05, 0) is 31.0 Å². The molecule has 0 saturated heterocycles. The maximum absolute atomic E-state index is 13.0. The molecule has 0 bridgehead atoms. The van der Waals surface area contributed by atoms with Gasteiger partial charge in [-0.25, -0.2) is 4.39 Å². The Morgan fingerprint density at radius 2 is 1.95 bits per heavy atom. The molecular formula is C15H19FN2O3. The molecule has 3 N–H and O–H groups in total. The van der Waals surface area contributed by atoms with Crippen LogP contribution in [0.5, 0.6) is 0 Å². The Balaban J connectivity index is 1.75. The first-order chi connectivity index (χ1) is 9.98. The van der Waals surface area contributed by atoms with Crippen molar-refractivity contribution in [2.75, 3.05) is 13.1 Å². The van der Waals surface area contributed by atoms with Gasteiger partial charge in [-0.2, -0.15) is 0 Å². The van der Waals surface area contributed by atoms with Crippen LogP contribution in [0.25, 0.3) is 0 Å². The molecule has 1 aliphatic carbocycles. The second-order valence-electron chi connectivity index (χ2n) is 5.40. The van der Waals surface area contributed by atoms with Gasteiger partial charge in [-0.15, -0.1) is 0 Å². The quantitative estimate of drug-likeness (QED) is 0.757. The number of hydrogen-bond donors (Lipinski definition) is 3. The molecule has 0 spiro atoms. The fourth-order valence-electron chi connectivity index (χ4n) is 2.43. The van der Waals surface area contributed by atoms with Crippen LogP contribution in [0.4, 0.5) is 4.39 Å². The summed E-state index contributed by atoms with van der Waals surface area (Å²) in [6, 6.07) is 5.25. The Kier molecular flexibility index (Phi) is 4.90. The average molecular weight is 294 g/mol. The zero-order valence-corrected chi connectivity index (χ0v) is 11.7. The number of nitrogens with one attached hydrogen (secondary N) is 2. The minimum atomic E-state index is -0.817. The Morgan fingerprint density at radius 3 is 2.62 bits per heavy atom. The molecule has 1 fully saturated rings. The number of carbonyl (C=O) groups excluding carboxylic acids is 2. The van der Waals surface area contributed by atoms with Crippen LogP contribution < -0.4 is 10.6 Å². The highest BCUT2D eigenvalue weighted by atomic mass is 19.1. The van der Waals surface area contributed by atoms with Crippen LogP contribution in [0.1, 0.15) is 36.0 Å². The molecular weight excluding hydrogens is 275 g/mol. The molecule has 0 aliphatic heterocycles. The van der Waals surface area contributed by atoms with Crippen LogP contribution >= 0.6 is 0 Å². The molecule has 114 valence electrons. The molecule has 0 radical (unpaired) electrons. The number of halogens is 1. The van der Waals surface area contributed by atoms with Gasteiger partial charge in [0.15, 0.2) is 0 Å². The number of hydrogen-bond acceptors (Lipinski definition) is 3. The smallest absolute Gasteiger partial charge is 0.251 e. The molecule has 0 heterocycles. The number of carbonyl (C=O) groups is 2. The maximum atomic E-state index is 13.0. The van der Waals surface area contributed by atoms with Gasteiger partial charge in [0.2, 0.25) is 5.91 Å². The lowest BCUT2D eigenvalue weighted by atomic mass is 10.0. The maximum Gasteiger partial charge on any atom is 0.251 e. The zero-order chi connectivity index (χ0) is 15.3. The van der Waals surface area contributed by atoms with Gasteiger partial charge in [0.1, 0.15) is 5.82 Å². The molecule has 0 unspecified atom stereocenters. The van der Waals surface area contributed by atoms with Gasteiger partial charge < -0.3 is 15.7 Å².